The van der Waals surface area contributed by atoms with Gasteiger partial charge in [0, 0.05) is 7.11 Å². The highest BCUT2D eigenvalue weighted by Crippen LogP contribution is 2.22. The lowest BCUT2D eigenvalue weighted by atomic mass is 10.2. The third-order valence-electron chi connectivity index (χ3n) is 2.11. The lowest BCUT2D eigenvalue weighted by Crippen LogP contribution is -2.07. The summed E-state index contributed by atoms with van der Waals surface area (Å²) in [7, 11) is 1.62. The molecule has 0 aliphatic heterocycles. The first kappa shape index (κ1) is 13.5. The second kappa shape index (κ2) is 6.22. The largest absolute Gasteiger partial charge is 0.475 e. The number of nitrogen functional groups attached to an aromatic ring is 1. The van der Waals surface area contributed by atoms with E-state index in [-0.39, 0.29) is 18.4 Å². The maximum absolute atomic E-state index is 5.60. The number of fused-ring (bicyclic) bond motifs is 1. The van der Waals surface area contributed by atoms with E-state index in [0.29, 0.717) is 19.1 Å². The van der Waals surface area contributed by atoms with Crippen molar-refractivity contribution in [3.8, 4) is 5.88 Å². The normalized spacial score (nSPS) is 9.94. The van der Waals surface area contributed by atoms with Crippen LogP contribution in [0.4, 0.5) is 5.95 Å². The first-order valence-corrected chi connectivity index (χ1v) is 4.95. The Morgan fingerprint density at radius 1 is 1.18 bits per heavy atom. The Balaban J connectivity index is 0.00000144. The molecule has 0 bridgehead atoms. The smallest absolute Gasteiger partial charge is 0.226 e. The second-order valence-electron chi connectivity index (χ2n) is 3.25. The topological polar surface area (TPSA) is 70.3 Å². The van der Waals surface area contributed by atoms with Gasteiger partial charge < -0.3 is 15.2 Å². The van der Waals surface area contributed by atoms with Crippen molar-refractivity contribution in [1.82, 2.24) is 9.97 Å². The Morgan fingerprint density at radius 2 is 1.94 bits per heavy atom. The molecule has 0 saturated carbocycles. The van der Waals surface area contributed by atoms with Gasteiger partial charge in [0.2, 0.25) is 11.8 Å². The van der Waals surface area contributed by atoms with E-state index in [2.05, 4.69) is 9.97 Å². The summed E-state index contributed by atoms with van der Waals surface area (Å²) in [6.07, 6.45) is 0. The molecule has 5 nitrogen and oxygen atoms in total. The van der Waals surface area contributed by atoms with Crippen LogP contribution in [0, 0.1) is 0 Å². The zero-order valence-electron chi connectivity index (χ0n) is 9.42. The molecule has 1 aromatic carbocycles. The summed E-state index contributed by atoms with van der Waals surface area (Å²) < 4.78 is 10.4. The summed E-state index contributed by atoms with van der Waals surface area (Å²) >= 11 is 0. The van der Waals surface area contributed by atoms with Crippen molar-refractivity contribution in [3.05, 3.63) is 24.3 Å². The number of nitrogens with two attached hydrogens (primary N) is 1. The Bertz CT molecular complexity index is 493. The number of benzene rings is 1. The summed E-state index contributed by atoms with van der Waals surface area (Å²) in [5, 5.41) is 0.854. The van der Waals surface area contributed by atoms with Crippen molar-refractivity contribution in [2.24, 2.45) is 0 Å². The number of halogens is 1. The number of aromatic nitrogens is 2. The minimum Gasteiger partial charge on any atom is -0.475 e. The van der Waals surface area contributed by atoms with Crippen LogP contribution in [0.1, 0.15) is 0 Å². The molecular formula is C11H14ClN3O2. The van der Waals surface area contributed by atoms with Gasteiger partial charge in [-0.05, 0) is 12.1 Å². The van der Waals surface area contributed by atoms with E-state index in [4.69, 9.17) is 15.2 Å². The molecule has 0 unspecified atom stereocenters. The van der Waals surface area contributed by atoms with Gasteiger partial charge >= 0.3 is 0 Å². The maximum atomic E-state index is 5.60. The minimum absolute atomic E-state index is 0. The number of anilines is 1. The number of nitrogens with zero attached hydrogens (tertiary/aromatic N) is 2. The van der Waals surface area contributed by atoms with Crippen molar-refractivity contribution in [1.29, 1.82) is 0 Å². The number of para-hydroxylation sites is 1. The summed E-state index contributed by atoms with van der Waals surface area (Å²) in [5.74, 6) is 0.714. The molecule has 1 aromatic heterocycles. The third kappa shape index (κ3) is 3.18. The number of hydrogen-bond donors (Lipinski definition) is 1. The van der Waals surface area contributed by atoms with Crippen LogP contribution in [0.5, 0.6) is 5.88 Å². The average Bonchev–Trinajstić information content (AvgIpc) is 2.29. The first-order chi connectivity index (χ1) is 7.81. The number of rotatable bonds is 4. The van der Waals surface area contributed by atoms with E-state index in [1.165, 1.54) is 0 Å². The molecule has 2 rings (SSSR count). The molecule has 0 saturated heterocycles. The fourth-order valence-electron chi connectivity index (χ4n) is 1.40. The zero-order chi connectivity index (χ0) is 11.4. The third-order valence-corrected chi connectivity index (χ3v) is 2.11. The van der Waals surface area contributed by atoms with Crippen LogP contribution in [0.25, 0.3) is 10.9 Å². The van der Waals surface area contributed by atoms with Gasteiger partial charge in [0.05, 0.1) is 17.5 Å². The molecular weight excluding hydrogens is 242 g/mol. The fraction of sp³-hybridized carbons (Fsp3) is 0.273. The molecule has 17 heavy (non-hydrogen) atoms. The summed E-state index contributed by atoms with van der Waals surface area (Å²) in [4.78, 5) is 8.18. The van der Waals surface area contributed by atoms with E-state index in [9.17, 15) is 0 Å². The van der Waals surface area contributed by atoms with Gasteiger partial charge in [-0.25, -0.2) is 4.98 Å². The second-order valence-corrected chi connectivity index (χ2v) is 3.25. The minimum atomic E-state index is 0. The van der Waals surface area contributed by atoms with E-state index in [1.807, 2.05) is 24.3 Å². The molecule has 0 fully saturated rings. The molecule has 0 spiro atoms. The lowest BCUT2D eigenvalue weighted by molar-refractivity contribution is 0.144. The summed E-state index contributed by atoms with van der Waals surface area (Å²) in [6, 6.07) is 7.58. The lowest BCUT2D eigenvalue weighted by Gasteiger charge is -2.07. The van der Waals surface area contributed by atoms with Crippen molar-refractivity contribution in [3.63, 3.8) is 0 Å². The molecule has 0 aliphatic rings. The molecule has 0 aliphatic carbocycles. The molecule has 0 atom stereocenters. The monoisotopic (exact) mass is 255 g/mol. The number of ether oxygens (including phenoxy) is 2. The molecule has 6 heteroatoms. The van der Waals surface area contributed by atoms with Crippen molar-refractivity contribution >= 4 is 29.3 Å². The van der Waals surface area contributed by atoms with E-state index >= 15 is 0 Å². The highest BCUT2D eigenvalue weighted by molar-refractivity contribution is 5.85. The molecule has 0 amide bonds. The first-order valence-electron chi connectivity index (χ1n) is 4.95. The van der Waals surface area contributed by atoms with Gasteiger partial charge in [-0.2, -0.15) is 4.98 Å². The van der Waals surface area contributed by atoms with E-state index < -0.39 is 0 Å². The van der Waals surface area contributed by atoms with Crippen LogP contribution in [-0.4, -0.2) is 30.3 Å². The van der Waals surface area contributed by atoms with Crippen LogP contribution < -0.4 is 10.5 Å². The van der Waals surface area contributed by atoms with Crippen LogP contribution >= 0.6 is 12.4 Å². The number of hydrogen-bond acceptors (Lipinski definition) is 5. The molecule has 0 radical (unpaired) electrons. The SMILES string of the molecule is COCCOc1nc(N)nc2ccccc12.Cl. The quantitative estimate of drug-likeness (QED) is 0.842. The van der Waals surface area contributed by atoms with Crippen molar-refractivity contribution < 1.29 is 9.47 Å². The van der Waals surface area contributed by atoms with Crippen molar-refractivity contribution in [2.75, 3.05) is 26.1 Å². The molecule has 1 heterocycles. The van der Waals surface area contributed by atoms with Crippen LogP contribution in [0.2, 0.25) is 0 Å². The average molecular weight is 256 g/mol. The summed E-state index contributed by atoms with van der Waals surface area (Å²) in [6.45, 7) is 0.954. The molecule has 2 N–H and O–H groups in total. The molecule has 92 valence electrons. The Labute approximate surface area is 105 Å². The summed E-state index contributed by atoms with van der Waals surface area (Å²) in [5.41, 5.74) is 6.38. The Morgan fingerprint density at radius 3 is 2.71 bits per heavy atom. The van der Waals surface area contributed by atoms with Gasteiger partial charge in [-0.3, -0.25) is 0 Å². The van der Waals surface area contributed by atoms with Gasteiger partial charge in [0.1, 0.15) is 6.61 Å². The van der Waals surface area contributed by atoms with Crippen LogP contribution in [0.3, 0.4) is 0 Å². The van der Waals surface area contributed by atoms with Gasteiger partial charge in [-0.15, -0.1) is 12.4 Å². The van der Waals surface area contributed by atoms with Crippen LogP contribution in [-0.2, 0) is 4.74 Å². The fourth-order valence-corrected chi connectivity index (χ4v) is 1.40. The Hall–Kier alpha value is -1.59. The van der Waals surface area contributed by atoms with E-state index in [1.54, 1.807) is 7.11 Å². The molecule has 2 aromatic rings. The highest BCUT2D eigenvalue weighted by Gasteiger charge is 2.06. The predicted octanol–water partition coefficient (Wildman–Crippen LogP) is 1.66. The Kier molecular flexibility index (Phi) is 4.93. The highest BCUT2D eigenvalue weighted by atomic mass is 35.5. The van der Waals surface area contributed by atoms with Gasteiger partial charge in [0.25, 0.3) is 0 Å². The van der Waals surface area contributed by atoms with E-state index in [0.717, 1.165) is 10.9 Å². The van der Waals surface area contributed by atoms with Crippen molar-refractivity contribution in [2.45, 2.75) is 0 Å². The van der Waals surface area contributed by atoms with Gasteiger partial charge in [-0.1, -0.05) is 12.1 Å². The number of methoxy groups -OCH3 is 1. The zero-order valence-corrected chi connectivity index (χ0v) is 10.2. The maximum Gasteiger partial charge on any atom is 0.226 e. The van der Waals surface area contributed by atoms with Crippen LogP contribution in [0.15, 0.2) is 24.3 Å². The standard InChI is InChI=1S/C11H13N3O2.ClH/c1-15-6-7-16-10-8-4-2-3-5-9(8)13-11(12)14-10;/h2-5H,6-7H2,1H3,(H2,12,13,14);1H. The van der Waals surface area contributed by atoms with Gasteiger partial charge in [0.15, 0.2) is 0 Å². The predicted molar refractivity (Wildman–Crippen MR) is 68.6 cm³/mol.